The summed E-state index contributed by atoms with van der Waals surface area (Å²) in [5, 5.41) is 9.63. The van der Waals surface area contributed by atoms with Crippen LogP contribution in [0.25, 0.3) is 0 Å². The maximum atomic E-state index is 10.7. The lowest BCUT2D eigenvalue weighted by molar-refractivity contribution is -0.142. The highest BCUT2D eigenvalue weighted by molar-refractivity contribution is 5.66. The van der Waals surface area contributed by atoms with Crippen molar-refractivity contribution in [1.29, 1.82) is 0 Å². The molecule has 0 fully saturated rings. The van der Waals surface area contributed by atoms with Crippen molar-refractivity contribution >= 4 is 5.97 Å². The van der Waals surface area contributed by atoms with Gasteiger partial charge >= 0.3 is 5.97 Å². The van der Waals surface area contributed by atoms with Crippen molar-refractivity contribution in [3.63, 3.8) is 0 Å². The Kier molecular flexibility index (Phi) is 3.99. The lowest BCUT2D eigenvalue weighted by Gasteiger charge is -2.11. The lowest BCUT2D eigenvalue weighted by atomic mass is 10.2. The number of esters is 1. The van der Waals surface area contributed by atoms with Crippen LogP contribution in [0.15, 0.2) is 12.1 Å². The molecule has 1 aromatic rings. The summed E-state index contributed by atoms with van der Waals surface area (Å²) in [5.74, 6) is 0.116. The number of carbonyl (C=O) groups is 1. The van der Waals surface area contributed by atoms with Crippen molar-refractivity contribution in [1.82, 2.24) is 0 Å². The van der Waals surface area contributed by atoms with Gasteiger partial charge in [0, 0.05) is 6.92 Å². The van der Waals surface area contributed by atoms with Gasteiger partial charge in [0.05, 0.1) is 14.2 Å². The van der Waals surface area contributed by atoms with Gasteiger partial charge in [0.2, 0.25) is 5.75 Å². The normalized spacial score (nSPS) is 9.69. The predicted octanol–water partition coefficient (Wildman–Crippen LogP) is 1.47. The molecule has 1 aromatic carbocycles. The number of phenolic OH excluding ortho intramolecular Hbond substituents is 1. The Hall–Kier alpha value is -1.91. The third-order valence-electron chi connectivity index (χ3n) is 1.98. The fourth-order valence-electron chi connectivity index (χ4n) is 1.22. The van der Waals surface area contributed by atoms with E-state index < -0.39 is 0 Å². The average Bonchev–Trinajstić information content (AvgIpc) is 2.27. The zero-order valence-electron chi connectivity index (χ0n) is 9.44. The average molecular weight is 226 g/mol. The summed E-state index contributed by atoms with van der Waals surface area (Å²) in [6, 6.07) is 3.17. The van der Waals surface area contributed by atoms with Gasteiger partial charge in [-0.05, 0) is 17.7 Å². The highest BCUT2D eigenvalue weighted by Gasteiger charge is 2.11. The van der Waals surface area contributed by atoms with Crippen LogP contribution < -0.4 is 9.47 Å². The first-order valence-electron chi connectivity index (χ1n) is 4.65. The molecule has 88 valence electrons. The van der Waals surface area contributed by atoms with Crippen molar-refractivity contribution < 1.29 is 24.1 Å². The number of hydrogen-bond donors (Lipinski definition) is 1. The minimum atomic E-state index is -0.369. The van der Waals surface area contributed by atoms with Gasteiger partial charge in [0.25, 0.3) is 0 Å². The minimum Gasteiger partial charge on any atom is -0.502 e. The molecule has 0 saturated heterocycles. The van der Waals surface area contributed by atoms with Crippen LogP contribution in [0.4, 0.5) is 0 Å². The first kappa shape index (κ1) is 12.2. The van der Waals surface area contributed by atoms with E-state index in [0.717, 1.165) is 0 Å². The number of phenols is 1. The summed E-state index contributed by atoms with van der Waals surface area (Å²) < 4.78 is 14.8. The quantitative estimate of drug-likeness (QED) is 0.787. The highest BCUT2D eigenvalue weighted by atomic mass is 16.5. The molecule has 0 saturated carbocycles. The molecule has 0 atom stereocenters. The molecule has 1 rings (SSSR count). The molecule has 0 aliphatic carbocycles. The monoisotopic (exact) mass is 226 g/mol. The lowest BCUT2D eigenvalue weighted by Crippen LogP contribution is -2.00. The van der Waals surface area contributed by atoms with Gasteiger partial charge < -0.3 is 19.3 Å². The first-order valence-corrected chi connectivity index (χ1v) is 4.65. The Morgan fingerprint density at radius 2 is 1.75 bits per heavy atom. The second kappa shape index (κ2) is 5.25. The van der Waals surface area contributed by atoms with Crippen LogP contribution in [0, 0.1) is 0 Å². The molecular weight excluding hydrogens is 212 g/mol. The van der Waals surface area contributed by atoms with Crippen molar-refractivity contribution in [2.75, 3.05) is 14.2 Å². The van der Waals surface area contributed by atoms with Crippen LogP contribution in [0.3, 0.4) is 0 Å². The minimum absolute atomic E-state index is 0.0726. The summed E-state index contributed by atoms with van der Waals surface area (Å²) in [6.45, 7) is 1.44. The topological polar surface area (TPSA) is 65.0 Å². The van der Waals surface area contributed by atoms with Crippen LogP contribution >= 0.6 is 0 Å². The number of hydrogen-bond acceptors (Lipinski definition) is 5. The van der Waals surface area contributed by atoms with Crippen LogP contribution in [0.1, 0.15) is 12.5 Å². The second-order valence-corrected chi connectivity index (χ2v) is 3.13. The molecule has 0 radical (unpaired) electrons. The number of aromatic hydroxyl groups is 1. The summed E-state index contributed by atoms with van der Waals surface area (Å²) in [5.41, 5.74) is 0.682. The summed E-state index contributed by atoms with van der Waals surface area (Å²) in [4.78, 5) is 10.7. The smallest absolute Gasteiger partial charge is 0.302 e. The fourth-order valence-corrected chi connectivity index (χ4v) is 1.22. The van der Waals surface area contributed by atoms with Crippen molar-refractivity contribution in [3.8, 4) is 17.2 Å². The Morgan fingerprint density at radius 1 is 1.25 bits per heavy atom. The van der Waals surface area contributed by atoms with E-state index in [2.05, 4.69) is 0 Å². The number of ether oxygens (including phenoxy) is 3. The molecule has 0 spiro atoms. The third kappa shape index (κ3) is 2.79. The van der Waals surface area contributed by atoms with Gasteiger partial charge in [-0.25, -0.2) is 0 Å². The van der Waals surface area contributed by atoms with E-state index in [9.17, 15) is 9.90 Å². The van der Waals surface area contributed by atoms with Gasteiger partial charge in [-0.1, -0.05) is 0 Å². The summed E-state index contributed by atoms with van der Waals surface area (Å²) >= 11 is 0. The van der Waals surface area contributed by atoms with E-state index in [1.54, 1.807) is 12.1 Å². The predicted molar refractivity (Wildman–Crippen MR) is 56.7 cm³/mol. The molecule has 5 heteroatoms. The highest BCUT2D eigenvalue weighted by Crippen LogP contribution is 2.37. The number of rotatable bonds is 4. The van der Waals surface area contributed by atoms with Crippen LogP contribution in [0.5, 0.6) is 17.2 Å². The maximum absolute atomic E-state index is 10.7. The Labute approximate surface area is 93.6 Å². The third-order valence-corrected chi connectivity index (χ3v) is 1.98. The molecule has 16 heavy (non-hydrogen) atoms. The Balaban J connectivity index is 2.97. The molecule has 0 amide bonds. The zero-order chi connectivity index (χ0) is 12.1. The number of benzene rings is 1. The van der Waals surface area contributed by atoms with Crippen molar-refractivity contribution in [2.45, 2.75) is 13.5 Å². The van der Waals surface area contributed by atoms with E-state index in [0.29, 0.717) is 5.56 Å². The SMILES string of the molecule is COc1cc(COC(C)=O)cc(OC)c1O. The van der Waals surface area contributed by atoms with Gasteiger partial charge in [-0.15, -0.1) is 0 Å². The first-order chi connectivity index (χ1) is 7.58. The number of methoxy groups -OCH3 is 2. The zero-order valence-corrected chi connectivity index (χ0v) is 9.44. The maximum Gasteiger partial charge on any atom is 0.302 e. The van der Waals surface area contributed by atoms with E-state index in [1.165, 1.54) is 21.1 Å². The molecule has 0 aliphatic heterocycles. The van der Waals surface area contributed by atoms with E-state index in [4.69, 9.17) is 14.2 Å². The van der Waals surface area contributed by atoms with E-state index >= 15 is 0 Å². The second-order valence-electron chi connectivity index (χ2n) is 3.13. The van der Waals surface area contributed by atoms with Gasteiger partial charge in [0.15, 0.2) is 11.5 Å². The van der Waals surface area contributed by atoms with Gasteiger partial charge in [0.1, 0.15) is 6.61 Å². The number of carbonyl (C=O) groups excluding carboxylic acids is 1. The van der Waals surface area contributed by atoms with E-state index in [-0.39, 0.29) is 29.8 Å². The molecule has 0 aliphatic rings. The Bertz CT molecular complexity index is 361. The molecule has 0 bridgehead atoms. The molecule has 1 N–H and O–H groups in total. The molecule has 0 unspecified atom stereocenters. The largest absolute Gasteiger partial charge is 0.502 e. The fraction of sp³-hybridized carbons (Fsp3) is 0.364. The molecule has 0 aromatic heterocycles. The Morgan fingerprint density at radius 3 is 2.12 bits per heavy atom. The van der Waals surface area contributed by atoms with Crippen LogP contribution in [-0.4, -0.2) is 25.3 Å². The molecule has 0 heterocycles. The molecular formula is C11H14O5. The van der Waals surface area contributed by atoms with E-state index in [1.807, 2.05) is 0 Å². The summed E-state index contributed by atoms with van der Waals surface area (Å²) in [6.07, 6.45) is 0. The van der Waals surface area contributed by atoms with Crippen LogP contribution in [0.2, 0.25) is 0 Å². The standard InChI is InChI=1S/C11H14O5/c1-7(12)16-6-8-4-9(14-2)11(13)10(5-8)15-3/h4-5,13H,6H2,1-3H3. The summed E-state index contributed by atoms with van der Waals surface area (Å²) in [7, 11) is 2.87. The molecule has 5 nitrogen and oxygen atoms in total. The van der Waals surface area contributed by atoms with Crippen molar-refractivity contribution in [2.24, 2.45) is 0 Å². The van der Waals surface area contributed by atoms with Crippen molar-refractivity contribution in [3.05, 3.63) is 17.7 Å². The van der Waals surface area contributed by atoms with Gasteiger partial charge in [-0.3, -0.25) is 4.79 Å². The van der Waals surface area contributed by atoms with Crippen LogP contribution in [-0.2, 0) is 16.1 Å². The van der Waals surface area contributed by atoms with Gasteiger partial charge in [-0.2, -0.15) is 0 Å².